The number of nitrogen functional groups attached to an aromatic ring is 1. The number of nitrogens with zero attached hydrogens (tertiary/aromatic N) is 1. The second kappa shape index (κ2) is 6.57. The van der Waals surface area contributed by atoms with Crippen molar-refractivity contribution in [2.24, 2.45) is 0 Å². The molecule has 4 heteroatoms. The fourth-order valence-electron chi connectivity index (χ4n) is 2.08. The molecule has 0 aliphatic heterocycles. The van der Waals surface area contributed by atoms with Crippen LogP contribution in [0.2, 0.25) is 0 Å². The molecule has 2 rings (SSSR count). The van der Waals surface area contributed by atoms with Crippen LogP contribution in [-0.2, 0) is 17.8 Å². The van der Waals surface area contributed by atoms with Gasteiger partial charge in [0.15, 0.2) is 0 Å². The van der Waals surface area contributed by atoms with Gasteiger partial charge in [0.25, 0.3) is 0 Å². The summed E-state index contributed by atoms with van der Waals surface area (Å²) in [5.41, 5.74) is 7.71. The van der Waals surface area contributed by atoms with E-state index in [1.807, 2.05) is 60.5 Å². The molecule has 0 aliphatic carbocycles. The zero-order valence-corrected chi connectivity index (χ0v) is 12.7. The fraction of sp³-hybridized carbons (Fsp3) is 0.312. The van der Waals surface area contributed by atoms with Crippen molar-refractivity contribution in [1.29, 1.82) is 0 Å². The molecule has 0 aliphatic rings. The summed E-state index contributed by atoms with van der Waals surface area (Å²) in [5.74, 6) is 0.144. The molecule has 0 saturated heterocycles. The van der Waals surface area contributed by atoms with Crippen LogP contribution < -0.4 is 5.73 Å². The highest BCUT2D eigenvalue weighted by Gasteiger charge is 2.18. The van der Waals surface area contributed by atoms with E-state index in [4.69, 9.17) is 5.73 Å². The summed E-state index contributed by atoms with van der Waals surface area (Å²) in [5, 5.41) is 2.00. The zero-order valence-electron chi connectivity index (χ0n) is 11.9. The van der Waals surface area contributed by atoms with Crippen LogP contribution in [0.4, 0.5) is 5.69 Å². The number of benzene rings is 1. The monoisotopic (exact) mass is 288 g/mol. The van der Waals surface area contributed by atoms with Gasteiger partial charge in [0.2, 0.25) is 5.91 Å². The lowest BCUT2D eigenvalue weighted by molar-refractivity contribution is -0.132. The van der Waals surface area contributed by atoms with Crippen molar-refractivity contribution in [3.8, 4) is 0 Å². The number of anilines is 1. The van der Waals surface area contributed by atoms with E-state index in [1.54, 1.807) is 11.3 Å². The molecule has 1 aromatic heterocycles. The van der Waals surface area contributed by atoms with E-state index in [9.17, 15) is 4.79 Å². The topological polar surface area (TPSA) is 46.3 Å². The van der Waals surface area contributed by atoms with E-state index in [2.05, 4.69) is 0 Å². The number of nitrogens with two attached hydrogens (primary N) is 1. The predicted octanol–water partition coefficient (Wildman–Crippen LogP) is 3.31. The number of rotatable bonds is 5. The second-order valence-corrected chi connectivity index (χ2v) is 6.10. The standard InChI is InChI=1S/C16H20N2OS/c1-12(2)18(11-13-6-3-4-8-15(13)17)16(19)10-14-7-5-9-20-14/h3-9,12H,10-11,17H2,1-2H3. The van der Waals surface area contributed by atoms with Gasteiger partial charge in [0.05, 0.1) is 6.42 Å². The predicted molar refractivity (Wildman–Crippen MR) is 84.6 cm³/mol. The third kappa shape index (κ3) is 3.61. The van der Waals surface area contributed by atoms with E-state index >= 15 is 0 Å². The van der Waals surface area contributed by atoms with Gasteiger partial charge in [-0.25, -0.2) is 0 Å². The van der Waals surface area contributed by atoms with Gasteiger partial charge in [-0.2, -0.15) is 0 Å². The lowest BCUT2D eigenvalue weighted by atomic mass is 10.1. The summed E-state index contributed by atoms with van der Waals surface area (Å²) in [4.78, 5) is 15.4. The molecule has 1 heterocycles. The highest BCUT2D eigenvalue weighted by Crippen LogP contribution is 2.17. The molecular formula is C16H20N2OS. The second-order valence-electron chi connectivity index (χ2n) is 5.07. The molecule has 1 aromatic carbocycles. The molecule has 0 bridgehead atoms. The SMILES string of the molecule is CC(C)N(Cc1ccccc1N)C(=O)Cc1cccs1. The van der Waals surface area contributed by atoms with Crippen molar-refractivity contribution < 1.29 is 4.79 Å². The molecule has 2 N–H and O–H groups in total. The average molecular weight is 288 g/mol. The third-order valence-corrected chi connectivity index (χ3v) is 4.12. The Balaban J connectivity index is 2.11. The van der Waals surface area contributed by atoms with E-state index in [1.165, 1.54) is 0 Å². The first-order valence-electron chi connectivity index (χ1n) is 6.73. The highest BCUT2D eigenvalue weighted by atomic mass is 32.1. The Morgan fingerprint density at radius 1 is 1.25 bits per heavy atom. The summed E-state index contributed by atoms with van der Waals surface area (Å²) in [6.07, 6.45) is 0.461. The van der Waals surface area contributed by atoms with Crippen molar-refractivity contribution in [2.75, 3.05) is 5.73 Å². The minimum Gasteiger partial charge on any atom is -0.398 e. The van der Waals surface area contributed by atoms with Crippen molar-refractivity contribution in [3.63, 3.8) is 0 Å². The van der Waals surface area contributed by atoms with Gasteiger partial charge >= 0.3 is 0 Å². The van der Waals surface area contributed by atoms with Crippen LogP contribution in [0.5, 0.6) is 0 Å². The quantitative estimate of drug-likeness (QED) is 0.858. The smallest absolute Gasteiger partial charge is 0.228 e. The lowest BCUT2D eigenvalue weighted by Crippen LogP contribution is -2.37. The van der Waals surface area contributed by atoms with Gasteiger partial charge in [0, 0.05) is 23.2 Å². The van der Waals surface area contributed by atoms with Gasteiger partial charge < -0.3 is 10.6 Å². The minimum absolute atomic E-state index is 0.144. The Labute approximate surface area is 124 Å². The number of amides is 1. The maximum atomic E-state index is 12.5. The van der Waals surface area contributed by atoms with E-state index in [-0.39, 0.29) is 11.9 Å². The summed E-state index contributed by atoms with van der Waals surface area (Å²) >= 11 is 1.62. The molecule has 0 spiro atoms. The average Bonchev–Trinajstić information content (AvgIpc) is 2.90. The first-order valence-corrected chi connectivity index (χ1v) is 7.61. The molecule has 0 fully saturated rings. The first kappa shape index (κ1) is 14.6. The van der Waals surface area contributed by atoms with Crippen LogP contribution in [0.1, 0.15) is 24.3 Å². The Bertz CT molecular complexity index is 564. The van der Waals surface area contributed by atoms with Gasteiger partial charge in [-0.05, 0) is 36.9 Å². The van der Waals surface area contributed by atoms with Crippen LogP contribution in [0.25, 0.3) is 0 Å². The summed E-state index contributed by atoms with van der Waals surface area (Å²) < 4.78 is 0. The third-order valence-electron chi connectivity index (χ3n) is 3.25. The van der Waals surface area contributed by atoms with Crippen molar-refractivity contribution in [2.45, 2.75) is 32.9 Å². The largest absolute Gasteiger partial charge is 0.398 e. The van der Waals surface area contributed by atoms with E-state index in [0.717, 1.165) is 16.1 Å². The number of carbonyl (C=O) groups is 1. The number of carbonyl (C=O) groups excluding carboxylic acids is 1. The van der Waals surface area contributed by atoms with Crippen LogP contribution in [-0.4, -0.2) is 16.8 Å². The summed E-state index contributed by atoms with van der Waals surface area (Å²) in [7, 11) is 0. The number of para-hydroxylation sites is 1. The Hall–Kier alpha value is -1.81. The van der Waals surface area contributed by atoms with Gasteiger partial charge in [-0.3, -0.25) is 4.79 Å². The van der Waals surface area contributed by atoms with Crippen LogP contribution in [0, 0.1) is 0 Å². The molecular weight excluding hydrogens is 268 g/mol. The van der Waals surface area contributed by atoms with Crippen LogP contribution >= 0.6 is 11.3 Å². The Morgan fingerprint density at radius 3 is 2.60 bits per heavy atom. The molecule has 0 unspecified atom stereocenters. The minimum atomic E-state index is 0.144. The number of hydrogen-bond acceptors (Lipinski definition) is 3. The molecule has 0 atom stereocenters. The highest BCUT2D eigenvalue weighted by molar-refractivity contribution is 7.10. The lowest BCUT2D eigenvalue weighted by Gasteiger charge is -2.27. The Kier molecular flexibility index (Phi) is 4.79. The van der Waals surface area contributed by atoms with Crippen molar-refractivity contribution >= 4 is 22.9 Å². The van der Waals surface area contributed by atoms with Gasteiger partial charge in [-0.15, -0.1) is 11.3 Å². The van der Waals surface area contributed by atoms with Gasteiger partial charge in [0.1, 0.15) is 0 Å². The van der Waals surface area contributed by atoms with E-state index in [0.29, 0.717) is 13.0 Å². The molecule has 0 saturated carbocycles. The maximum absolute atomic E-state index is 12.5. The summed E-state index contributed by atoms with van der Waals surface area (Å²) in [6.45, 7) is 4.63. The maximum Gasteiger partial charge on any atom is 0.228 e. The normalized spacial score (nSPS) is 10.8. The Morgan fingerprint density at radius 2 is 2.00 bits per heavy atom. The van der Waals surface area contributed by atoms with E-state index < -0.39 is 0 Å². The number of thiophene rings is 1. The molecule has 106 valence electrons. The molecule has 1 amide bonds. The van der Waals surface area contributed by atoms with Crippen LogP contribution in [0.3, 0.4) is 0 Å². The molecule has 2 aromatic rings. The fourth-order valence-corrected chi connectivity index (χ4v) is 2.78. The van der Waals surface area contributed by atoms with Crippen molar-refractivity contribution in [3.05, 3.63) is 52.2 Å². The zero-order chi connectivity index (χ0) is 14.5. The van der Waals surface area contributed by atoms with Crippen LogP contribution in [0.15, 0.2) is 41.8 Å². The molecule has 20 heavy (non-hydrogen) atoms. The molecule has 0 radical (unpaired) electrons. The summed E-state index contributed by atoms with van der Waals surface area (Å²) in [6, 6.07) is 11.8. The first-order chi connectivity index (χ1) is 9.58. The van der Waals surface area contributed by atoms with Gasteiger partial charge in [-0.1, -0.05) is 24.3 Å². The molecule has 3 nitrogen and oxygen atoms in total. The number of hydrogen-bond donors (Lipinski definition) is 1. The van der Waals surface area contributed by atoms with Crippen molar-refractivity contribution in [1.82, 2.24) is 4.90 Å².